The van der Waals surface area contributed by atoms with Gasteiger partial charge in [0.25, 0.3) is 0 Å². The Morgan fingerprint density at radius 3 is 2.50 bits per heavy atom. The number of likely N-dealkylation sites (N-methyl/N-ethyl adjacent to an activating group) is 1. The van der Waals surface area contributed by atoms with E-state index in [2.05, 4.69) is 26.7 Å². The molecule has 0 aliphatic heterocycles. The Labute approximate surface area is 114 Å². The highest BCUT2D eigenvalue weighted by Crippen LogP contribution is 2.31. The fraction of sp³-hybridized carbons (Fsp3) is 0.667. The number of hydrogen-bond donors (Lipinski definition) is 0. The van der Waals surface area contributed by atoms with Gasteiger partial charge in [-0.05, 0) is 20.5 Å². The van der Waals surface area contributed by atoms with Gasteiger partial charge < -0.3 is 14.5 Å². The van der Waals surface area contributed by atoms with Crippen LogP contribution in [0.4, 0.5) is 5.82 Å². The lowest BCUT2D eigenvalue weighted by Gasteiger charge is -2.26. The van der Waals surface area contributed by atoms with Gasteiger partial charge in [0.15, 0.2) is 16.7 Å². The Bertz CT molecular complexity index is 373. The van der Waals surface area contributed by atoms with Crippen molar-refractivity contribution in [3.05, 3.63) is 11.5 Å². The molecule has 1 heterocycles. The first-order chi connectivity index (χ1) is 8.60. The second-order valence-corrected chi connectivity index (χ2v) is 4.67. The van der Waals surface area contributed by atoms with Crippen molar-refractivity contribution >= 4 is 17.4 Å². The topological polar surface area (TPSA) is 41.5 Å². The van der Waals surface area contributed by atoms with Gasteiger partial charge in [0.2, 0.25) is 0 Å². The molecule has 6 heteroatoms. The molecule has 0 spiro atoms. The lowest BCUT2D eigenvalue weighted by Crippen LogP contribution is -2.33. The summed E-state index contributed by atoms with van der Waals surface area (Å²) in [6.07, 6.45) is 2.51. The first-order valence-corrected chi connectivity index (χ1v) is 6.42. The fourth-order valence-corrected chi connectivity index (χ4v) is 1.86. The zero-order chi connectivity index (χ0) is 13.5. The predicted octanol–water partition coefficient (Wildman–Crippen LogP) is 1.92. The third-order valence-corrected chi connectivity index (χ3v) is 2.83. The Balaban J connectivity index is 2.93. The van der Waals surface area contributed by atoms with Gasteiger partial charge in [-0.25, -0.2) is 9.97 Å². The summed E-state index contributed by atoms with van der Waals surface area (Å²) in [6, 6.07) is 0. The van der Waals surface area contributed by atoms with Crippen LogP contribution in [0.3, 0.4) is 0 Å². The minimum atomic E-state index is 0.355. The second kappa shape index (κ2) is 7.38. The van der Waals surface area contributed by atoms with Crippen molar-refractivity contribution in [2.45, 2.75) is 13.3 Å². The van der Waals surface area contributed by atoms with E-state index in [1.54, 1.807) is 7.11 Å². The standard InChI is InChI=1S/C12H21ClN4O/c1-5-6-17(8-7-16(2)3)12-10(18-4)11(13)14-9-15-12/h9H,5-8H2,1-4H3. The molecule has 0 fully saturated rings. The summed E-state index contributed by atoms with van der Waals surface area (Å²) >= 11 is 6.02. The minimum absolute atomic E-state index is 0.355. The smallest absolute Gasteiger partial charge is 0.199 e. The maximum Gasteiger partial charge on any atom is 0.199 e. The van der Waals surface area contributed by atoms with Crippen molar-refractivity contribution in [3.63, 3.8) is 0 Å². The summed E-state index contributed by atoms with van der Waals surface area (Å²) in [7, 11) is 5.69. The van der Waals surface area contributed by atoms with Crippen LogP contribution in [0.25, 0.3) is 0 Å². The van der Waals surface area contributed by atoms with Crippen LogP contribution in [0, 0.1) is 0 Å². The van der Waals surface area contributed by atoms with Crippen molar-refractivity contribution in [3.8, 4) is 5.75 Å². The van der Waals surface area contributed by atoms with Gasteiger partial charge in [0, 0.05) is 19.6 Å². The van der Waals surface area contributed by atoms with E-state index in [0.717, 1.165) is 31.9 Å². The average molecular weight is 273 g/mol. The van der Waals surface area contributed by atoms with Gasteiger partial charge in [-0.1, -0.05) is 18.5 Å². The molecule has 0 unspecified atom stereocenters. The lowest BCUT2D eigenvalue weighted by atomic mass is 10.3. The Morgan fingerprint density at radius 2 is 1.94 bits per heavy atom. The molecule has 0 amide bonds. The third kappa shape index (κ3) is 3.99. The molecular weight excluding hydrogens is 252 g/mol. The van der Waals surface area contributed by atoms with Crippen molar-refractivity contribution in [2.75, 3.05) is 45.7 Å². The summed E-state index contributed by atoms with van der Waals surface area (Å²) in [5.74, 6) is 1.31. The molecule has 0 saturated heterocycles. The average Bonchev–Trinajstić information content (AvgIpc) is 2.34. The van der Waals surface area contributed by atoms with Crippen LogP contribution in [0.5, 0.6) is 5.75 Å². The van der Waals surface area contributed by atoms with Crippen LogP contribution in [-0.2, 0) is 0 Å². The first kappa shape index (κ1) is 15.0. The van der Waals surface area contributed by atoms with E-state index in [4.69, 9.17) is 16.3 Å². The minimum Gasteiger partial charge on any atom is -0.490 e. The van der Waals surface area contributed by atoms with Gasteiger partial charge in [-0.2, -0.15) is 0 Å². The number of hydrogen-bond acceptors (Lipinski definition) is 5. The molecule has 0 atom stereocenters. The monoisotopic (exact) mass is 272 g/mol. The molecule has 0 saturated carbocycles. The summed E-state index contributed by atoms with van der Waals surface area (Å²) in [6.45, 7) is 4.88. The summed E-state index contributed by atoms with van der Waals surface area (Å²) in [4.78, 5) is 12.5. The van der Waals surface area contributed by atoms with E-state index in [1.807, 2.05) is 14.1 Å². The fourth-order valence-electron chi connectivity index (χ4n) is 1.66. The third-order valence-electron chi connectivity index (χ3n) is 2.56. The van der Waals surface area contributed by atoms with Crippen LogP contribution < -0.4 is 9.64 Å². The predicted molar refractivity (Wildman–Crippen MR) is 74.7 cm³/mol. The molecule has 1 aromatic rings. The van der Waals surface area contributed by atoms with Crippen molar-refractivity contribution in [2.24, 2.45) is 0 Å². The highest BCUT2D eigenvalue weighted by molar-refractivity contribution is 6.31. The zero-order valence-corrected chi connectivity index (χ0v) is 12.2. The number of aromatic nitrogens is 2. The highest BCUT2D eigenvalue weighted by atomic mass is 35.5. The lowest BCUT2D eigenvalue weighted by molar-refractivity contribution is 0.399. The Kier molecular flexibility index (Phi) is 6.15. The number of rotatable bonds is 7. The van der Waals surface area contributed by atoms with E-state index in [-0.39, 0.29) is 0 Å². The van der Waals surface area contributed by atoms with Crippen LogP contribution in [0.15, 0.2) is 6.33 Å². The molecular formula is C12H21ClN4O. The molecule has 5 nitrogen and oxygen atoms in total. The van der Waals surface area contributed by atoms with Crippen LogP contribution >= 0.6 is 11.6 Å². The molecule has 1 aromatic heterocycles. The number of ether oxygens (including phenoxy) is 1. The molecule has 1 rings (SSSR count). The van der Waals surface area contributed by atoms with Crippen LogP contribution in [0.2, 0.25) is 5.15 Å². The van der Waals surface area contributed by atoms with Crippen molar-refractivity contribution < 1.29 is 4.74 Å². The van der Waals surface area contributed by atoms with Gasteiger partial charge in [0.1, 0.15) is 6.33 Å². The molecule has 102 valence electrons. The number of methoxy groups -OCH3 is 1. The molecule has 18 heavy (non-hydrogen) atoms. The normalized spacial score (nSPS) is 10.8. The number of halogens is 1. The maximum atomic E-state index is 6.02. The molecule has 0 N–H and O–H groups in total. The SMILES string of the molecule is CCCN(CCN(C)C)c1ncnc(Cl)c1OC. The van der Waals surface area contributed by atoms with Gasteiger partial charge in [-0.3, -0.25) is 0 Å². The van der Waals surface area contributed by atoms with Crippen LogP contribution in [0.1, 0.15) is 13.3 Å². The van der Waals surface area contributed by atoms with E-state index < -0.39 is 0 Å². The van der Waals surface area contributed by atoms with E-state index >= 15 is 0 Å². The summed E-state index contributed by atoms with van der Waals surface area (Å²) in [5.41, 5.74) is 0. The van der Waals surface area contributed by atoms with E-state index in [1.165, 1.54) is 6.33 Å². The molecule has 0 radical (unpaired) electrons. The summed E-state index contributed by atoms with van der Waals surface area (Å²) < 4.78 is 5.30. The second-order valence-electron chi connectivity index (χ2n) is 4.31. The maximum absolute atomic E-state index is 6.02. The van der Waals surface area contributed by atoms with Crippen LogP contribution in [-0.4, -0.2) is 55.7 Å². The Hall–Kier alpha value is -1.07. The first-order valence-electron chi connectivity index (χ1n) is 6.04. The largest absolute Gasteiger partial charge is 0.490 e. The van der Waals surface area contributed by atoms with Gasteiger partial charge in [0.05, 0.1) is 7.11 Å². The summed E-state index contributed by atoms with van der Waals surface area (Å²) in [5, 5.41) is 0.355. The quantitative estimate of drug-likeness (QED) is 0.710. The highest BCUT2D eigenvalue weighted by Gasteiger charge is 2.16. The van der Waals surface area contributed by atoms with Gasteiger partial charge >= 0.3 is 0 Å². The van der Waals surface area contributed by atoms with Crippen molar-refractivity contribution in [1.82, 2.24) is 14.9 Å². The molecule has 0 aliphatic rings. The number of anilines is 1. The zero-order valence-electron chi connectivity index (χ0n) is 11.5. The van der Waals surface area contributed by atoms with Gasteiger partial charge in [-0.15, -0.1) is 0 Å². The molecule has 0 aliphatic carbocycles. The molecule has 0 aromatic carbocycles. The van der Waals surface area contributed by atoms with E-state index in [9.17, 15) is 0 Å². The Morgan fingerprint density at radius 1 is 1.22 bits per heavy atom. The van der Waals surface area contributed by atoms with E-state index in [0.29, 0.717) is 10.9 Å². The number of nitrogens with zero attached hydrogens (tertiary/aromatic N) is 4. The molecule has 0 bridgehead atoms. The van der Waals surface area contributed by atoms with Crippen molar-refractivity contribution in [1.29, 1.82) is 0 Å².